The molecule has 0 aliphatic rings. The number of hydrogen-bond donors (Lipinski definition) is 3. The Morgan fingerprint density at radius 3 is 2.62 bits per heavy atom. The van der Waals surface area contributed by atoms with Gasteiger partial charge in [0.15, 0.2) is 0 Å². The summed E-state index contributed by atoms with van der Waals surface area (Å²) in [6, 6.07) is 11.7. The quantitative estimate of drug-likeness (QED) is 0.645. The lowest BCUT2D eigenvalue weighted by molar-refractivity contribution is 0.262. The average molecular weight is 410 g/mol. The van der Waals surface area contributed by atoms with Gasteiger partial charge < -0.3 is 16.4 Å². The molecule has 5 nitrogen and oxygen atoms in total. The van der Waals surface area contributed by atoms with E-state index < -0.39 is 6.03 Å². The molecule has 0 fully saturated rings. The van der Waals surface area contributed by atoms with Gasteiger partial charge in [-0.3, -0.25) is 0 Å². The van der Waals surface area contributed by atoms with Gasteiger partial charge in [-0.15, -0.1) is 0 Å². The van der Waals surface area contributed by atoms with Crippen molar-refractivity contribution in [2.75, 3.05) is 16.4 Å². The van der Waals surface area contributed by atoms with Crippen molar-refractivity contribution in [2.24, 2.45) is 0 Å². The first-order valence-electron chi connectivity index (χ1n) is 5.82. The third-order valence-electron chi connectivity index (χ3n) is 2.57. The molecule has 0 spiro atoms. The van der Waals surface area contributed by atoms with E-state index >= 15 is 0 Å². The van der Waals surface area contributed by atoms with Crippen molar-refractivity contribution in [2.45, 2.75) is 0 Å². The summed E-state index contributed by atoms with van der Waals surface area (Å²) in [4.78, 5) is 12.0. The van der Waals surface area contributed by atoms with Crippen LogP contribution in [-0.2, 0) is 0 Å². The molecule has 7 heteroatoms. The van der Waals surface area contributed by atoms with Crippen LogP contribution in [0.5, 0.6) is 0 Å². The highest BCUT2D eigenvalue weighted by Crippen LogP contribution is 2.32. The molecule has 0 aliphatic carbocycles. The lowest BCUT2D eigenvalue weighted by Crippen LogP contribution is -2.20. The van der Waals surface area contributed by atoms with Gasteiger partial charge in [0.1, 0.15) is 0 Å². The van der Waals surface area contributed by atoms with E-state index in [1.807, 2.05) is 6.07 Å². The smallest absolute Gasteiger partial charge is 0.323 e. The largest absolute Gasteiger partial charge is 0.397 e. The average Bonchev–Trinajstić information content (AvgIpc) is 2.43. The van der Waals surface area contributed by atoms with Crippen molar-refractivity contribution < 1.29 is 4.79 Å². The summed E-state index contributed by atoms with van der Waals surface area (Å²) < 4.78 is 1.47. The van der Waals surface area contributed by atoms with Gasteiger partial charge in [-0.2, -0.15) is 5.26 Å². The lowest BCUT2D eigenvalue weighted by Gasteiger charge is -2.12. The SMILES string of the molecule is N#Cc1cccc(NC(=O)Nc2c(N)cc(Br)cc2Br)c1. The van der Waals surface area contributed by atoms with Gasteiger partial charge in [0.05, 0.1) is 23.0 Å². The predicted molar refractivity (Wildman–Crippen MR) is 90.1 cm³/mol. The number of anilines is 3. The fourth-order valence-electron chi connectivity index (χ4n) is 1.67. The Bertz CT molecular complexity index is 717. The minimum absolute atomic E-state index is 0.428. The van der Waals surface area contributed by atoms with Crippen molar-refractivity contribution in [3.63, 3.8) is 0 Å². The second-order valence-corrected chi connectivity index (χ2v) is 5.89. The van der Waals surface area contributed by atoms with Crippen molar-refractivity contribution in [1.82, 2.24) is 0 Å². The second kappa shape index (κ2) is 6.61. The van der Waals surface area contributed by atoms with Crippen LogP contribution in [0.2, 0.25) is 0 Å². The summed E-state index contributed by atoms with van der Waals surface area (Å²) in [5.41, 5.74) is 7.77. The van der Waals surface area contributed by atoms with E-state index in [0.717, 1.165) is 4.47 Å². The number of carbonyl (C=O) groups is 1. The van der Waals surface area contributed by atoms with Gasteiger partial charge in [-0.25, -0.2) is 4.79 Å². The molecule has 0 unspecified atom stereocenters. The first kappa shape index (κ1) is 15.4. The van der Waals surface area contributed by atoms with Crippen LogP contribution in [0.15, 0.2) is 45.3 Å². The fourth-order valence-corrected chi connectivity index (χ4v) is 3.03. The molecule has 2 aromatic rings. The topological polar surface area (TPSA) is 90.9 Å². The number of hydrogen-bond acceptors (Lipinski definition) is 3. The van der Waals surface area contributed by atoms with Crippen molar-refractivity contribution in [3.8, 4) is 6.07 Å². The van der Waals surface area contributed by atoms with Crippen LogP contribution in [0.4, 0.5) is 21.9 Å². The summed E-state index contributed by atoms with van der Waals surface area (Å²) in [6.07, 6.45) is 0. The summed E-state index contributed by atoms with van der Waals surface area (Å²) in [5.74, 6) is 0. The summed E-state index contributed by atoms with van der Waals surface area (Å²) >= 11 is 6.65. The van der Waals surface area contributed by atoms with Crippen LogP contribution in [0.25, 0.3) is 0 Å². The zero-order valence-electron chi connectivity index (χ0n) is 10.7. The van der Waals surface area contributed by atoms with Crippen LogP contribution in [0.3, 0.4) is 0 Å². The number of carbonyl (C=O) groups excluding carboxylic acids is 1. The normalized spacial score (nSPS) is 9.76. The first-order valence-corrected chi connectivity index (χ1v) is 7.41. The van der Waals surface area contributed by atoms with Crippen LogP contribution >= 0.6 is 31.9 Å². The zero-order chi connectivity index (χ0) is 15.4. The second-order valence-electron chi connectivity index (χ2n) is 4.12. The Kier molecular flexibility index (Phi) is 4.83. The van der Waals surface area contributed by atoms with Crippen LogP contribution < -0.4 is 16.4 Å². The molecule has 21 heavy (non-hydrogen) atoms. The first-order chi connectivity index (χ1) is 9.99. The Hall–Kier alpha value is -2.04. The summed E-state index contributed by atoms with van der Waals surface area (Å²) in [7, 11) is 0. The Balaban J connectivity index is 2.14. The zero-order valence-corrected chi connectivity index (χ0v) is 13.8. The van der Waals surface area contributed by atoms with Crippen LogP contribution in [0.1, 0.15) is 5.56 Å². The van der Waals surface area contributed by atoms with Gasteiger partial charge in [-0.1, -0.05) is 22.0 Å². The number of nitrogens with two attached hydrogens (primary N) is 1. The molecular formula is C14H10Br2N4O. The van der Waals surface area contributed by atoms with E-state index in [1.54, 1.807) is 36.4 Å². The van der Waals surface area contributed by atoms with Crippen molar-refractivity contribution in [1.29, 1.82) is 5.26 Å². The molecule has 106 valence electrons. The fraction of sp³-hybridized carbons (Fsp3) is 0. The van der Waals surface area contributed by atoms with E-state index in [-0.39, 0.29) is 0 Å². The van der Waals surface area contributed by atoms with Gasteiger partial charge in [0.2, 0.25) is 0 Å². The maximum Gasteiger partial charge on any atom is 0.323 e. The summed E-state index contributed by atoms with van der Waals surface area (Å²) in [6.45, 7) is 0. The van der Waals surface area contributed by atoms with E-state index in [2.05, 4.69) is 42.5 Å². The molecule has 0 saturated carbocycles. The summed E-state index contributed by atoms with van der Waals surface area (Å²) in [5, 5.41) is 14.1. The Labute approximate surface area is 138 Å². The number of nitriles is 1. The van der Waals surface area contributed by atoms with Crippen molar-refractivity contribution >= 4 is 55.0 Å². The number of nitrogens with one attached hydrogen (secondary N) is 2. The standard InChI is InChI=1S/C14H10Br2N4O/c15-9-5-11(16)13(12(18)6-9)20-14(21)19-10-3-1-2-8(4-10)7-17/h1-6H,18H2,(H2,19,20,21). The van der Waals surface area contributed by atoms with Crippen LogP contribution in [-0.4, -0.2) is 6.03 Å². The molecule has 2 rings (SSSR count). The molecule has 2 amide bonds. The molecule has 4 N–H and O–H groups in total. The highest BCUT2D eigenvalue weighted by molar-refractivity contribution is 9.11. The van der Waals surface area contributed by atoms with Gasteiger partial charge >= 0.3 is 6.03 Å². The Morgan fingerprint density at radius 2 is 1.95 bits per heavy atom. The molecule has 0 saturated heterocycles. The molecule has 0 aromatic heterocycles. The van der Waals surface area contributed by atoms with Crippen molar-refractivity contribution in [3.05, 3.63) is 50.9 Å². The van der Waals surface area contributed by atoms with E-state index in [0.29, 0.717) is 27.1 Å². The molecule has 0 aliphatic heterocycles. The third-order valence-corrected chi connectivity index (χ3v) is 3.66. The molecule has 0 heterocycles. The maximum atomic E-state index is 12.0. The number of benzene rings is 2. The van der Waals surface area contributed by atoms with E-state index in [9.17, 15) is 4.79 Å². The number of nitrogen functional groups attached to an aromatic ring is 1. The minimum Gasteiger partial charge on any atom is -0.397 e. The predicted octanol–water partition coefficient (Wildman–Crippen LogP) is 4.31. The van der Waals surface area contributed by atoms with E-state index in [1.165, 1.54) is 0 Å². The van der Waals surface area contributed by atoms with E-state index in [4.69, 9.17) is 11.0 Å². The number of halogens is 2. The number of amides is 2. The monoisotopic (exact) mass is 408 g/mol. The number of nitrogens with zero attached hydrogens (tertiary/aromatic N) is 1. The Morgan fingerprint density at radius 1 is 1.19 bits per heavy atom. The highest BCUT2D eigenvalue weighted by atomic mass is 79.9. The maximum absolute atomic E-state index is 12.0. The molecule has 2 aromatic carbocycles. The van der Waals surface area contributed by atoms with Gasteiger partial charge in [0, 0.05) is 14.6 Å². The minimum atomic E-state index is -0.445. The number of urea groups is 1. The molecular weight excluding hydrogens is 400 g/mol. The third kappa shape index (κ3) is 3.97. The molecule has 0 bridgehead atoms. The van der Waals surface area contributed by atoms with Crippen LogP contribution in [0, 0.1) is 11.3 Å². The highest BCUT2D eigenvalue weighted by Gasteiger charge is 2.10. The lowest BCUT2D eigenvalue weighted by atomic mass is 10.2. The van der Waals surface area contributed by atoms with Gasteiger partial charge in [0.25, 0.3) is 0 Å². The molecule has 0 radical (unpaired) electrons. The van der Waals surface area contributed by atoms with Gasteiger partial charge in [-0.05, 0) is 46.3 Å². The number of rotatable bonds is 2. The molecule has 0 atom stereocenters.